The largest absolute Gasteiger partial charge is 0.354 e. The van der Waals surface area contributed by atoms with Gasteiger partial charge in [-0.25, -0.2) is 4.39 Å². The van der Waals surface area contributed by atoms with Gasteiger partial charge in [0.1, 0.15) is 5.82 Å². The van der Waals surface area contributed by atoms with E-state index in [2.05, 4.69) is 24.3 Å². The molecular formula is C24H29FN4O3S. The Bertz CT molecular complexity index is 1080. The summed E-state index contributed by atoms with van der Waals surface area (Å²) in [4.78, 5) is 38.5. The van der Waals surface area contributed by atoms with E-state index in [-0.39, 0.29) is 35.0 Å². The molecule has 1 aliphatic rings. The molecule has 0 saturated carbocycles. The number of carbonyl (C=O) groups excluding carboxylic acids is 3. The van der Waals surface area contributed by atoms with Gasteiger partial charge in [-0.15, -0.1) is 0 Å². The van der Waals surface area contributed by atoms with Crippen LogP contribution in [-0.2, 0) is 22.6 Å². The summed E-state index contributed by atoms with van der Waals surface area (Å²) in [6.07, 6.45) is 2.46. The van der Waals surface area contributed by atoms with Gasteiger partial charge in [-0.2, -0.15) is 5.10 Å². The molecule has 1 saturated heterocycles. The summed E-state index contributed by atoms with van der Waals surface area (Å²) in [6.45, 7) is 9.38. The van der Waals surface area contributed by atoms with Crippen molar-refractivity contribution in [1.82, 2.24) is 20.0 Å². The van der Waals surface area contributed by atoms with Crippen LogP contribution in [0.4, 0.5) is 9.18 Å². The van der Waals surface area contributed by atoms with E-state index in [1.807, 2.05) is 18.5 Å². The van der Waals surface area contributed by atoms with Crippen molar-refractivity contribution >= 4 is 34.9 Å². The molecule has 2 aromatic rings. The first-order valence-electron chi connectivity index (χ1n) is 11.0. The predicted molar refractivity (Wildman–Crippen MR) is 127 cm³/mol. The molecule has 0 aliphatic carbocycles. The number of hydrogen-bond donors (Lipinski definition) is 1. The van der Waals surface area contributed by atoms with Crippen molar-refractivity contribution in [3.63, 3.8) is 0 Å². The summed E-state index contributed by atoms with van der Waals surface area (Å²) >= 11 is 0.840. The summed E-state index contributed by atoms with van der Waals surface area (Å²) in [6, 6.07) is 5.67. The molecule has 1 N–H and O–H groups in total. The Morgan fingerprint density at radius 2 is 1.91 bits per heavy atom. The molecule has 1 aromatic heterocycles. The summed E-state index contributed by atoms with van der Waals surface area (Å²) in [5.74, 6) is -0.434. The van der Waals surface area contributed by atoms with Crippen LogP contribution in [0, 0.1) is 25.6 Å². The number of carbonyl (C=O) groups is 3. The minimum Gasteiger partial charge on any atom is -0.354 e. The van der Waals surface area contributed by atoms with Crippen molar-refractivity contribution in [2.24, 2.45) is 5.92 Å². The zero-order chi connectivity index (χ0) is 24.1. The first kappa shape index (κ1) is 24.7. The molecule has 0 spiro atoms. The topological polar surface area (TPSA) is 84.3 Å². The van der Waals surface area contributed by atoms with Crippen LogP contribution >= 0.6 is 11.8 Å². The lowest BCUT2D eigenvalue weighted by Gasteiger charge is -2.13. The highest BCUT2D eigenvalue weighted by Crippen LogP contribution is 2.31. The Morgan fingerprint density at radius 3 is 2.58 bits per heavy atom. The van der Waals surface area contributed by atoms with E-state index in [1.54, 1.807) is 18.2 Å². The van der Waals surface area contributed by atoms with Crippen molar-refractivity contribution in [3.8, 4) is 0 Å². The lowest BCUT2D eigenvalue weighted by Crippen LogP contribution is -2.37. The van der Waals surface area contributed by atoms with Crippen LogP contribution in [0.2, 0.25) is 0 Å². The Kier molecular flexibility index (Phi) is 8.07. The zero-order valence-corrected chi connectivity index (χ0v) is 20.2. The fourth-order valence-electron chi connectivity index (χ4n) is 3.66. The number of aryl methyl sites for hydroxylation is 1. The maximum Gasteiger partial charge on any atom is 0.293 e. The molecule has 176 valence electrons. The Balaban J connectivity index is 1.49. The highest BCUT2D eigenvalue weighted by Gasteiger charge is 2.34. The minimum absolute atomic E-state index is 0.0988. The average Bonchev–Trinajstić information content (AvgIpc) is 3.16. The van der Waals surface area contributed by atoms with Crippen molar-refractivity contribution < 1.29 is 18.8 Å². The van der Waals surface area contributed by atoms with Crippen molar-refractivity contribution in [2.45, 2.75) is 47.1 Å². The maximum atomic E-state index is 13.0. The molecule has 9 heteroatoms. The number of hydrogen-bond acceptors (Lipinski definition) is 5. The van der Waals surface area contributed by atoms with Gasteiger partial charge < -0.3 is 5.32 Å². The SMILES string of the molecule is Cc1nn(CC(C)C)c(C)c1CCC(=O)NCCN1C(=O)S/C(=C\c2ccc(F)cc2)C1=O. The summed E-state index contributed by atoms with van der Waals surface area (Å²) in [5, 5.41) is 6.98. The number of thioether (sulfide) groups is 1. The summed E-state index contributed by atoms with van der Waals surface area (Å²) in [5.41, 5.74) is 3.74. The average molecular weight is 473 g/mol. The number of nitrogens with one attached hydrogen (secondary N) is 1. The quantitative estimate of drug-likeness (QED) is 0.556. The number of amides is 3. The van der Waals surface area contributed by atoms with Crippen LogP contribution in [0.15, 0.2) is 29.2 Å². The van der Waals surface area contributed by atoms with Crippen LogP contribution in [0.1, 0.15) is 42.8 Å². The maximum absolute atomic E-state index is 13.0. The Morgan fingerprint density at radius 1 is 1.21 bits per heavy atom. The molecular weight excluding hydrogens is 443 g/mol. The van der Waals surface area contributed by atoms with Crippen LogP contribution in [0.3, 0.4) is 0 Å². The highest BCUT2D eigenvalue weighted by molar-refractivity contribution is 8.18. The molecule has 1 fully saturated rings. The minimum atomic E-state index is -0.410. The van der Waals surface area contributed by atoms with Crippen molar-refractivity contribution in [3.05, 3.63) is 57.5 Å². The Labute approximate surface area is 197 Å². The van der Waals surface area contributed by atoms with Gasteiger partial charge in [0.15, 0.2) is 0 Å². The van der Waals surface area contributed by atoms with E-state index in [0.717, 1.165) is 40.2 Å². The first-order valence-corrected chi connectivity index (χ1v) is 11.8. The second kappa shape index (κ2) is 10.8. The van der Waals surface area contributed by atoms with Gasteiger partial charge in [0.25, 0.3) is 11.1 Å². The van der Waals surface area contributed by atoms with Gasteiger partial charge in [0.05, 0.1) is 10.6 Å². The number of rotatable bonds is 9. The third-order valence-corrected chi connectivity index (χ3v) is 6.28. The van der Waals surface area contributed by atoms with Crippen molar-refractivity contribution in [1.29, 1.82) is 0 Å². The molecule has 0 bridgehead atoms. The molecule has 7 nitrogen and oxygen atoms in total. The number of imide groups is 1. The van der Waals surface area contributed by atoms with Gasteiger partial charge in [-0.1, -0.05) is 26.0 Å². The van der Waals surface area contributed by atoms with E-state index < -0.39 is 5.91 Å². The molecule has 3 rings (SSSR count). The van der Waals surface area contributed by atoms with Gasteiger partial charge >= 0.3 is 0 Å². The van der Waals surface area contributed by atoms with E-state index in [1.165, 1.54) is 12.1 Å². The standard InChI is InChI=1S/C24H29FN4O3S/c1-15(2)14-29-17(4)20(16(3)27-29)9-10-22(30)26-11-12-28-23(31)21(33-24(28)32)13-18-5-7-19(25)8-6-18/h5-8,13,15H,9-12,14H2,1-4H3,(H,26,30)/b21-13-. The molecule has 2 heterocycles. The normalized spacial score (nSPS) is 15.2. The fraction of sp³-hybridized carbons (Fsp3) is 0.417. The third kappa shape index (κ3) is 6.31. The molecule has 33 heavy (non-hydrogen) atoms. The van der Waals surface area contributed by atoms with E-state index in [9.17, 15) is 18.8 Å². The third-order valence-electron chi connectivity index (χ3n) is 5.37. The second-order valence-electron chi connectivity index (χ2n) is 8.46. The van der Waals surface area contributed by atoms with E-state index in [4.69, 9.17) is 0 Å². The van der Waals surface area contributed by atoms with Gasteiger partial charge in [-0.05, 0) is 67.3 Å². The number of nitrogens with zero attached hydrogens (tertiary/aromatic N) is 3. The number of aromatic nitrogens is 2. The molecule has 3 amide bonds. The molecule has 0 unspecified atom stereocenters. The monoisotopic (exact) mass is 472 g/mol. The van der Waals surface area contributed by atoms with E-state index in [0.29, 0.717) is 24.3 Å². The number of halogens is 1. The lowest BCUT2D eigenvalue weighted by atomic mass is 10.1. The molecule has 0 radical (unpaired) electrons. The van der Waals surface area contributed by atoms with Crippen molar-refractivity contribution in [2.75, 3.05) is 13.1 Å². The smallest absolute Gasteiger partial charge is 0.293 e. The van der Waals surface area contributed by atoms with Crippen LogP contribution in [0.25, 0.3) is 6.08 Å². The van der Waals surface area contributed by atoms with Crippen LogP contribution in [-0.4, -0.2) is 44.8 Å². The fourth-order valence-corrected chi connectivity index (χ4v) is 4.52. The molecule has 0 atom stereocenters. The second-order valence-corrected chi connectivity index (χ2v) is 9.45. The summed E-state index contributed by atoms with van der Waals surface area (Å²) < 4.78 is 15.0. The van der Waals surface area contributed by atoms with E-state index >= 15 is 0 Å². The van der Waals surface area contributed by atoms with Gasteiger partial charge in [0.2, 0.25) is 5.91 Å². The molecule has 1 aromatic carbocycles. The Hall–Kier alpha value is -2.94. The van der Waals surface area contributed by atoms with Gasteiger partial charge in [-0.3, -0.25) is 24.0 Å². The van der Waals surface area contributed by atoms with Gasteiger partial charge in [0, 0.05) is 31.7 Å². The zero-order valence-electron chi connectivity index (χ0n) is 19.4. The number of benzene rings is 1. The molecule has 1 aliphatic heterocycles. The summed E-state index contributed by atoms with van der Waals surface area (Å²) in [7, 11) is 0. The van der Waals surface area contributed by atoms with Crippen LogP contribution in [0.5, 0.6) is 0 Å². The first-order chi connectivity index (χ1) is 15.7. The highest BCUT2D eigenvalue weighted by atomic mass is 32.2. The van der Waals surface area contributed by atoms with Crippen LogP contribution < -0.4 is 5.32 Å². The predicted octanol–water partition coefficient (Wildman–Crippen LogP) is 4.08. The lowest BCUT2D eigenvalue weighted by molar-refractivity contribution is -0.124.